The molecule has 0 spiro atoms. The van der Waals surface area contributed by atoms with Crippen LogP contribution in [0.4, 0.5) is 42.1 Å². The highest BCUT2D eigenvalue weighted by Gasteiger charge is 2.35. The Balaban J connectivity index is 2.46. The van der Waals surface area contributed by atoms with E-state index in [1.54, 1.807) is 0 Å². The Kier molecular flexibility index (Phi) is 6.48. The summed E-state index contributed by atoms with van der Waals surface area (Å²) in [6, 6.07) is 7.84. The molecule has 0 unspecified atom stereocenters. The maximum absolute atomic E-state index is 13.2. The maximum Gasteiger partial charge on any atom is 0.417 e. The van der Waals surface area contributed by atoms with Crippen LogP contribution in [0.1, 0.15) is 11.1 Å². The van der Waals surface area contributed by atoms with E-state index in [9.17, 15) is 35.5 Å². The Morgan fingerprint density at radius 1 is 1.00 bits per heavy atom. The molecule has 0 aliphatic rings. The van der Waals surface area contributed by atoms with Crippen LogP contribution < -0.4 is 10.2 Å². The largest absolute Gasteiger partial charge is 0.417 e. The van der Waals surface area contributed by atoms with Crippen LogP contribution in [0.2, 0.25) is 0 Å². The number of alkyl halides is 6. The minimum Gasteiger partial charge on any atom is -0.300 e. The zero-order valence-corrected chi connectivity index (χ0v) is 14.4. The van der Waals surface area contributed by atoms with Gasteiger partial charge in [0.2, 0.25) is 5.91 Å². The lowest BCUT2D eigenvalue weighted by atomic mass is 10.1. The van der Waals surface area contributed by atoms with E-state index >= 15 is 0 Å². The van der Waals surface area contributed by atoms with Crippen LogP contribution in [0.15, 0.2) is 42.5 Å². The van der Waals surface area contributed by atoms with Crippen molar-refractivity contribution in [3.05, 3.63) is 59.4 Å². The summed E-state index contributed by atoms with van der Waals surface area (Å²) in [5, 5.41) is 10.7. The molecule has 2 aromatic carbocycles. The number of nitriles is 1. The van der Waals surface area contributed by atoms with Gasteiger partial charge in [0.15, 0.2) is 0 Å². The van der Waals surface area contributed by atoms with Gasteiger partial charge in [-0.05, 0) is 42.5 Å². The monoisotopic (exact) mass is 419 g/mol. The molecule has 0 heterocycles. The van der Waals surface area contributed by atoms with E-state index in [2.05, 4.69) is 0 Å². The van der Waals surface area contributed by atoms with E-state index in [1.165, 1.54) is 6.07 Å². The zero-order valence-electron chi connectivity index (χ0n) is 14.4. The third-order valence-corrected chi connectivity index (χ3v) is 3.62. The molecular weight excluding hydrogens is 407 g/mol. The van der Waals surface area contributed by atoms with Crippen LogP contribution in [-0.2, 0) is 11.0 Å². The second-order valence-electron chi connectivity index (χ2n) is 5.76. The van der Waals surface area contributed by atoms with Crippen molar-refractivity contribution < 1.29 is 35.5 Å². The molecule has 0 fully saturated rings. The van der Waals surface area contributed by atoms with Gasteiger partial charge in [0.1, 0.15) is 5.82 Å². The topological polar surface area (TPSA) is 56.1 Å². The van der Waals surface area contributed by atoms with Gasteiger partial charge in [-0.2, -0.15) is 31.6 Å². The zero-order chi connectivity index (χ0) is 21.8. The van der Waals surface area contributed by atoms with Crippen LogP contribution >= 0.6 is 0 Å². The van der Waals surface area contributed by atoms with Crippen molar-refractivity contribution in [2.24, 2.45) is 0 Å². The van der Waals surface area contributed by atoms with Crippen molar-refractivity contribution in [2.45, 2.75) is 12.4 Å². The Morgan fingerprint density at radius 3 is 2.10 bits per heavy atom. The molecule has 0 atom stereocenters. The maximum atomic E-state index is 13.2. The van der Waals surface area contributed by atoms with Crippen molar-refractivity contribution in [3.63, 3.8) is 0 Å². The summed E-state index contributed by atoms with van der Waals surface area (Å²) in [4.78, 5) is 13.2. The lowest BCUT2D eigenvalue weighted by Crippen LogP contribution is -2.39. The van der Waals surface area contributed by atoms with Gasteiger partial charge in [0.05, 0.1) is 30.3 Å². The number of benzene rings is 2. The van der Waals surface area contributed by atoms with E-state index in [-0.39, 0.29) is 11.4 Å². The van der Waals surface area contributed by atoms with Crippen LogP contribution in [0.5, 0.6) is 0 Å². The predicted octanol–water partition coefficient (Wildman–Crippen LogP) is 4.53. The minimum absolute atomic E-state index is 0.0666. The van der Waals surface area contributed by atoms with Gasteiger partial charge in [-0.1, -0.05) is 0 Å². The predicted molar refractivity (Wildman–Crippen MR) is 88.6 cm³/mol. The first-order valence-corrected chi connectivity index (χ1v) is 7.90. The van der Waals surface area contributed by atoms with E-state index < -0.39 is 48.3 Å². The van der Waals surface area contributed by atoms with Crippen LogP contribution in [0.3, 0.4) is 0 Å². The lowest BCUT2D eigenvalue weighted by Gasteiger charge is -2.24. The average molecular weight is 419 g/mol. The molecular formula is C18H12F7N3O. The summed E-state index contributed by atoms with van der Waals surface area (Å²) in [7, 11) is 0. The van der Waals surface area contributed by atoms with E-state index in [0.717, 1.165) is 36.4 Å². The summed E-state index contributed by atoms with van der Waals surface area (Å²) >= 11 is 0. The standard InChI is InChI=1S/C18H12F7N3O/c19-12-2-5-13(6-3-12)28(16(29)9-27-10-17(20,21)22)14-4-1-11(8-26)15(7-14)18(23,24)25/h1-7,27H,9-10H2. The molecule has 0 saturated carbocycles. The molecule has 0 aliphatic heterocycles. The fourth-order valence-corrected chi connectivity index (χ4v) is 2.42. The van der Waals surface area contributed by atoms with Gasteiger partial charge >= 0.3 is 12.4 Å². The molecule has 154 valence electrons. The Morgan fingerprint density at radius 2 is 1.59 bits per heavy atom. The third kappa shape index (κ3) is 5.92. The van der Waals surface area contributed by atoms with E-state index in [1.807, 2.05) is 5.32 Å². The van der Waals surface area contributed by atoms with Gasteiger partial charge in [-0.15, -0.1) is 0 Å². The van der Waals surface area contributed by atoms with Crippen LogP contribution in [0.25, 0.3) is 0 Å². The molecule has 0 radical (unpaired) electrons. The first kappa shape index (κ1) is 22.2. The second kappa shape index (κ2) is 8.48. The highest BCUT2D eigenvalue weighted by atomic mass is 19.4. The number of amides is 1. The molecule has 2 rings (SSSR count). The molecule has 11 heteroatoms. The number of hydrogen-bond donors (Lipinski definition) is 1. The quantitative estimate of drug-likeness (QED) is 0.725. The summed E-state index contributed by atoms with van der Waals surface area (Å²) < 4.78 is 89.7. The second-order valence-corrected chi connectivity index (χ2v) is 5.76. The number of nitrogens with zero attached hydrogens (tertiary/aromatic N) is 2. The number of halogens is 7. The van der Waals surface area contributed by atoms with Crippen molar-refractivity contribution >= 4 is 17.3 Å². The van der Waals surface area contributed by atoms with Gasteiger partial charge in [-0.25, -0.2) is 4.39 Å². The Labute approximate surface area is 160 Å². The first-order valence-electron chi connectivity index (χ1n) is 7.90. The molecule has 0 saturated heterocycles. The van der Waals surface area contributed by atoms with Gasteiger partial charge in [0.25, 0.3) is 0 Å². The lowest BCUT2D eigenvalue weighted by molar-refractivity contribution is -0.138. The van der Waals surface area contributed by atoms with Gasteiger partial charge in [0, 0.05) is 11.4 Å². The average Bonchev–Trinajstić information content (AvgIpc) is 2.61. The number of carbonyl (C=O) groups excluding carboxylic acids is 1. The number of anilines is 2. The third-order valence-electron chi connectivity index (χ3n) is 3.62. The Hall–Kier alpha value is -3.13. The normalized spacial score (nSPS) is 11.8. The number of nitrogens with one attached hydrogen (secondary N) is 1. The molecule has 1 N–H and O–H groups in total. The summed E-state index contributed by atoms with van der Waals surface area (Å²) in [5.74, 6) is -1.70. The fraction of sp³-hybridized carbons (Fsp3) is 0.222. The number of rotatable bonds is 5. The molecule has 4 nitrogen and oxygen atoms in total. The summed E-state index contributed by atoms with van der Waals surface area (Å²) in [6.45, 7) is -2.34. The number of hydrogen-bond acceptors (Lipinski definition) is 3. The molecule has 0 bridgehead atoms. The van der Waals surface area contributed by atoms with E-state index in [0.29, 0.717) is 11.0 Å². The van der Waals surface area contributed by atoms with Crippen molar-refractivity contribution in [1.82, 2.24) is 5.32 Å². The van der Waals surface area contributed by atoms with Gasteiger partial charge in [-0.3, -0.25) is 9.69 Å². The van der Waals surface area contributed by atoms with Crippen molar-refractivity contribution in [3.8, 4) is 6.07 Å². The molecule has 29 heavy (non-hydrogen) atoms. The SMILES string of the molecule is N#Cc1ccc(N(C(=O)CNCC(F)(F)F)c2ccc(F)cc2)cc1C(F)(F)F. The molecule has 2 aromatic rings. The molecule has 0 aliphatic carbocycles. The highest BCUT2D eigenvalue weighted by Crippen LogP contribution is 2.36. The fourth-order valence-electron chi connectivity index (χ4n) is 2.42. The minimum atomic E-state index is -4.91. The molecule has 0 aromatic heterocycles. The van der Waals surface area contributed by atoms with E-state index in [4.69, 9.17) is 5.26 Å². The van der Waals surface area contributed by atoms with Gasteiger partial charge < -0.3 is 5.32 Å². The number of carbonyl (C=O) groups is 1. The summed E-state index contributed by atoms with van der Waals surface area (Å²) in [5.41, 5.74) is -2.42. The first-order chi connectivity index (χ1) is 13.4. The van der Waals surface area contributed by atoms with Crippen LogP contribution in [-0.4, -0.2) is 25.2 Å². The molecule has 1 amide bonds. The highest BCUT2D eigenvalue weighted by molar-refractivity contribution is 6.01. The van der Waals surface area contributed by atoms with Crippen molar-refractivity contribution in [1.29, 1.82) is 5.26 Å². The summed E-state index contributed by atoms with van der Waals surface area (Å²) in [6.07, 6.45) is -9.51. The Bertz CT molecular complexity index is 915. The van der Waals surface area contributed by atoms with Crippen molar-refractivity contribution in [2.75, 3.05) is 18.0 Å². The van der Waals surface area contributed by atoms with Crippen LogP contribution in [0, 0.1) is 17.1 Å². The smallest absolute Gasteiger partial charge is 0.300 e.